The number of benzene rings is 1. The van der Waals surface area contributed by atoms with E-state index in [0.717, 1.165) is 37.1 Å². The maximum absolute atomic E-state index is 12.7. The first-order valence-electron chi connectivity index (χ1n) is 10.3. The number of carbonyl (C=O) groups is 2. The number of thiophene rings is 1. The molecule has 0 atom stereocenters. The molecule has 32 heavy (non-hydrogen) atoms. The van der Waals surface area contributed by atoms with Gasteiger partial charge >= 0.3 is 0 Å². The van der Waals surface area contributed by atoms with E-state index in [-0.39, 0.29) is 23.0 Å². The lowest BCUT2D eigenvalue weighted by molar-refractivity contribution is 0.0787. The molecule has 2 N–H and O–H groups in total. The SMILES string of the molecule is O=C(CSc1nc2scc(-c3ccccc3)c2c(=O)[nH]1)c1c[nH]c(C(=O)N2CCCC2)c1. The topological polar surface area (TPSA) is 98.9 Å². The second kappa shape index (κ2) is 8.76. The molecule has 1 aromatic carbocycles. The Morgan fingerprint density at radius 2 is 1.94 bits per heavy atom. The molecule has 0 radical (unpaired) electrons. The molecule has 162 valence electrons. The summed E-state index contributed by atoms with van der Waals surface area (Å²) >= 11 is 2.59. The third-order valence-electron chi connectivity index (χ3n) is 5.48. The number of aromatic nitrogens is 3. The van der Waals surface area contributed by atoms with Gasteiger partial charge in [0.2, 0.25) is 0 Å². The minimum absolute atomic E-state index is 0.0717. The van der Waals surface area contributed by atoms with Gasteiger partial charge in [0, 0.05) is 35.8 Å². The van der Waals surface area contributed by atoms with E-state index in [0.29, 0.717) is 26.6 Å². The Bertz CT molecular complexity index is 1350. The summed E-state index contributed by atoms with van der Waals surface area (Å²) in [7, 11) is 0. The van der Waals surface area contributed by atoms with E-state index >= 15 is 0 Å². The second-order valence-corrected chi connectivity index (χ2v) is 9.40. The number of hydrogen-bond acceptors (Lipinski definition) is 6. The van der Waals surface area contributed by atoms with Crippen LogP contribution in [0, 0.1) is 0 Å². The van der Waals surface area contributed by atoms with Crippen LogP contribution in [0.2, 0.25) is 0 Å². The van der Waals surface area contributed by atoms with Crippen molar-refractivity contribution in [2.45, 2.75) is 18.0 Å². The molecule has 0 aliphatic carbocycles. The molecule has 1 fully saturated rings. The molecule has 0 unspecified atom stereocenters. The summed E-state index contributed by atoms with van der Waals surface area (Å²) in [5, 5.41) is 2.90. The number of likely N-dealkylation sites (tertiary alicyclic amines) is 1. The van der Waals surface area contributed by atoms with E-state index in [1.165, 1.54) is 23.1 Å². The van der Waals surface area contributed by atoms with Crippen LogP contribution >= 0.6 is 23.1 Å². The number of H-pyrrole nitrogens is 2. The average molecular weight is 465 g/mol. The standard InChI is InChI=1S/C23H20N4O3S2/c28-18(15-10-17(24-11-15)22(30)27-8-4-5-9-27)13-32-23-25-20(29)19-16(12-31-21(19)26-23)14-6-2-1-3-7-14/h1-3,6-7,10-12,24H,4-5,8-9,13H2,(H,25,26,29). The van der Waals surface area contributed by atoms with Crippen molar-refractivity contribution in [2.24, 2.45) is 0 Å². The number of aromatic amines is 2. The molecule has 0 saturated carbocycles. The van der Waals surface area contributed by atoms with E-state index < -0.39 is 0 Å². The van der Waals surface area contributed by atoms with E-state index in [1.54, 1.807) is 17.2 Å². The molecule has 3 aromatic heterocycles. The third kappa shape index (κ3) is 4.01. The van der Waals surface area contributed by atoms with Gasteiger partial charge < -0.3 is 14.9 Å². The summed E-state index contributed by atoms with van der Waals surface area (Å²) in [6.45, 7) is 1.51. The number of rotatable bonds is 6. The van der Waals surface area contributed by atoms with Crippen LogP contribution in [0.1, 0.15) is 33.7 Å². The summed E-state index contributed by atoms with van der Waals surface area (Å²) in [5.41, 5.74) is 2.49. The molecular formula is C23H20N4O3S2. The van der Waals surface area contributed by atoms with Crippen LogP contribution in [0.3, 0.4) is 0 Å². The maximum Gasteiger partial charge on any atom is 0.270 e. The van der Waals surface area contributed by atoms with E-state index in [2.05, 4.69) is 15.0 Å². The van der Waals surface area contributed by atoms with Crippen LogP contribution in [-0.4, -0.2) is 50.4 Å². The first kappa shape index (κ1) is 20.7. The van der Waals surface area contributed by atoms with Crippen molar-refractivity contribution >= 4 is 45.0 Å². The van der Waals surface area contributed by atoms with E-state index in [4.69, 9.17) is 0 Å². The Morgan fingerprint density at radius 1 is 1.16 bits per heavy atom. The van der Waals surface area contributed by atoms with Gasteiger partial charge in [0.15, 0.2) is 10.9 Å². The van der Waals surface area contributed by atoms with E-state index in [9.17, 15) is 14.4 Å². The number of thioether (sulfide) groups is 1. The fraction of sp³-hybridized carbons (Fsp3) is 0.217. The Morgan fingerprint density at radius 3 is 2.72 bits per heavy atom. The van der Waals surface area contributed by atoms with E-state index in [1.807, 2.05) is 35.7 Å². The minimum Gasteiger partial charge on any atom is -0.356 e. The number of hydrogen-bond donors (Lipinski definition) is 2. The average Bonchev–Trinajstić information content (AvgIpc) is 3.58. The van der Waals surface area contributed by atoms with Crippen LogP contribution < -0.4 is 5.56 Å². The van der Waals surface area contributed by atoms with Gasteiger partial charge in [-0.15, -0.1) is 11.3 Å². The number of amides is 1. The van der Waals surface area contributed by atoms with Crippen molar-refractivity contribution in [1.82, 2.24) is 19.9 Å². The van der Waals surface area contributed by atoms with Crippen LogP contribution in [0.4, 0.5) is 0 Å². The van der Waals surface area contributed by atoms with Crippen LogP contribution in [0.25, 0.3) is 21.3 Å². The number of nitrogens with one attached hydrogen (secondary N) is 2. The van der Waals surface area contributed by atoms with Crippen LogP contribution in [-0.2, 0) is 0 Å². The quantitative estimate of drug-likeness (QED) is 0.253. The molecule has 1 saturated heterocycles. The predicted octanol–water partition coefficient (Wildman–Crippen LogP) is 4.19. The lowest BCUT2D eigenvalue weighted by Crippen LogP contribution is -2.27. The van der Waals surface area contributed by atoms with Crippen molar-refractivity contribution in [3.63, 3.8) is 0 Å². The van der Waals surface area contributed by atoms with Gasteiger partial charge in [0.25, 0.3) is 11.5 Å². The van der Waals surface area contributed by atoms with Crippen molar-refractivity contribution in [3.05, 3.63) is 69.6 Å². The van der Waals surface area contributed by atoms with Gasteiger partial charge in [-0.3, -0.25) is 14.4 Å². The summed E-state index contributed by atoms with van der Waals surface area (Å²) in [6, 6.07) is 11.3. The summed E-state index contributed by atoms with van der Waals surface area (Å²) in [5.74, 6) is -0.0937. The van der Waals surface area contributed by atoms with Crippen molar-refractivity contribution in [1.29, 1.82) is 0 Å². The Labute approximate surface area is 191 Å². The molecule has 4 heterocycles. The predicted molar refractivity (Wildman–Crippen MR) is 127 cm³/mol. The fourth-order valence-electron chi connectivity index (χ4n) is 3.81. The number of fused-ring (bicyclic) bond motifs is 1. The zero-order chi connectivity index (χ0) is 22.1. The maximum atomic E-state index is 12.7. The fourth-order valence-corrected chi connectivity index (χ4v) is 5.58. The first-order valence-corrected chi connectivity index (χ1v) is 12.2. The van der Waals surface area contributed by atoms with Crippen LogP contribution in [0.5, 0.6) is 0 Å². The monoisotopic (exact) mass is 464 g/mol. The molecule has 9 heteroatoms. The zero-order valence-corrected chi connectivity index (χ0v) is 18.7. The summed E-state index contributed by atoms with van der Waals surface area (Å²) < 4.78 is 0. The lowest BCUT2D eigenvalue weighted by atomic mass is 10.1. The summed E-state index contributed by atoms with van der Waals surface area (Å²) in [6.07, 6.45) is 3.60. The molecule has 1 aliphatic heterocycles. The normalized spacial score (nSPS) is 13.7. The lowest BCUT2D eigenvalue weighted by Gasteiger charge is -2.13. The number of Topliss-reactive ketones (excluding diaryl/α,β-unsaturated/α-hetero) is 1. The van der Waals surface area contributed by atoms with Crippen molar-refractivity contribution in [2.75, 3.05) is 18.8 Å². The van der Waals surface area contributed by atoms with Gasteiger partial charge in [-0.2, -0.15) is 0 Å². The third-order valence-corrected chi connectivity index (χ3v) is 7.22. The Hall–Kier alpha value is -3.17. The first-order chi connectivity index (χ1) is 15.6. The molecule has 7 nitrogen and oxygen atoms in total. The highest BCUT2D eigenvalue weighted by Gasteiger charge is 2.22. The smallest absolute Gasteiger partial charge is 0.270 e. The highest BCUT2D eigenvalue weighted by Crippen LogP contribution is 2.31. The Kier molecular flexibility index (Phi) is 5.67. The molecule has 1 aliphatic rings. The van der Waals surface area contributed by atoms with Crippen LogP contribution in [0.15, 0.2) is 57.9 Å². The van der Waals surface area contributed by atoms with Gasteiger partial charge in [0.05, 0.1) is 11.1 Å². The van der Waals surface area contributed by atoms with Crippen molar-refractivity contribution in [3.8, 4) is 11.1 Å². The molecule has 0 bridgehead atoms. The van der Waals surface area contributed by atoms with Crippen molar-refractivity contribution < 1.29 is 9.59 Å². The van der Waals surface area contributed by atoms with Gasteiger partial charge in [0.1, 0.15) is 10.5 Å². The second-order valence-electron chi connectivity index (χ2n) is 7.58. The van der Waals surface area contributed by atoms with Gasteiger partial charge in [-0.1, -0.05) is 42.1 Å². The summed E-state index contributed by atoms with van der Waals surface area (Å²) in [4.78, 5) is 50.5. The highest BCUT2D eigenvalue weighted by atomic mass is 32.2. The zero-order valence-electron chi connectivity index (χ0n) is 17.1. The minimum atomic E-state index is -0.217. The molecular weight excluding hydrogens is 444 g/mol. The molecule has 4 aromatic rings. The Balaban J connectivity index is 1.30. The molecule has 0 spiro atoms. The molecule has 1 amide bonds. The van der Waals surface area contributed by atoms with Gasteiger partial charge in [-0.25, -0.2) is 4.98 Å². The van der Waals surface area contributed by atoms with Gasteiger partial charge in [-0.05, 0) is 24.5 Å². The largest absolute Gasteiger partial charge is 0.356 e. The molecule has 5 rings (SSSR count). The highest BCUT2D eigenvalue weighted by molar-refractivity contribution is 7.99. The number of carbonyl (C=O) groups excluding carboxylic acids is 2. The number of nitrogens with zero attached hydrogens (tertiary/aromatic N) is 2. The number of ketones is 1.